The van der Waals surface area contributed by atoms with E-state index in [1.54, 1.807) is 19.9 Å². The number of aryl methyl sites for hydroxylation is 1. The van der Waals surface area contributed by atoms with Gasteiger partial charge in [0.05, 0.1) is 12.5 Å². The lowest BCUT2D eigenvalue weighted by Crippen LogP contribution is -2.32. The summed E-state index contributed by atoms with van der Waals surface area (Å²) in [4.78, 5) is 31.0. The highest BCUT2D eigenvalue weighted by Crippen LogP contribution is 2.12. The van der Waals surface area contributed by atoms with E-state index >= 15 is 0 Å². The summed E-state index contributed by atoms with van der Waals surface area (Å²) in [5.41, 5.74) is 1.37. The van der Waals surface area contributed by atoms with Gasteiger partial charge in [0.1, 0.15) is 5.56 Å². The quantitative estimate of drug-likeness (QED) is 0.742. The van der Waals surface area contributed by atoms with Crippen LogP contribution in [0.2, 0.25) is 0 Å². The number of rotatable bonds is 5. The van der Waals surface area contributed by atoms with Crippen molar-refractivity contribution in [3.05, 3.63) is 81.4 Å². The van der Waals surface area contributed by atoms with Crippen LogP contribution in [0.15, 0.2) is 51.8 Å². The molecule has 1 amide bonds. The molecule has 0 radical (unpaired) electrons. The second-order valence-electron chi connectivity index (χ2n) is 5.79. The number of pyridine rings is 1. The molecule has 3 rings (SSSR count). The number of aromatic nitrogens is 3. The Hall–Kier alpha value is -3.22. The zero-order chi connectivity index (χ0) is 17.8. The summed E-state index contributed by atoms with van der Waals surface area (Å²) in [5, 5.41) is 6.61. The van der Waals surface area contributed by atoms with Gasteiger partial charge in [0, 0.05) is 5.69 Å². The molecule has 0 saturated heterocycles. The number of nitrogens with zero attached hydrogens (tertiary/aromatic N) is 2. The maximum Gasteiger partial charge on any atom is 0.260 e. The van der Waals surface area contributed by atoms with E-state index in [2.05, 4.69) is 20.4 Å². The summed E-state index contributed by atoms with van der Waals surface area (Å²) >= 11 is 0. The first-order valence-electron chi connectivity index (χ1n) is 7.90. The maximum atomic E-state index is 12.2. The van der Waals surface area contributed by atoms with E-state index in [-0.39, 0.29) is 5.56 Å². The lowest BCUT2D eigenvalue weighted by Gasteiger charge is -2.09. The molecular weight excluding hydrogens is 320 g/mol. The molecule has 0 aliphatic heterocycles. The van der Waals surface area contributed by atoms with Crippen molar-refractivity contribution in [2.24, 2.45) is 0 Å². The summed E-state index contributed by atoms with van der Waals surface area (Å²) in [7, 11) is 0. The Kier molecular flexibility index (Phi) is 4.74. The number of amides is 1. The molecule has 7 nitrogen and oxygen atoms in total. The molecule has 1 aromatic carbocycles. The van der Waals surface area contributed by atoms with Gasteiger partial charge in [0.2, 0.25) is 5.89 Å². The summed E-state index contributed by atoms with van der Waals surface area (Å²) < 4.78 is 5.24. The largest absolute Gasteiger partial charge is 0.342 e. The highest BCUT2D eigenvalue weighted by Gasteiger charge is 2.18. The SMILES string of the molecule is Cc1ccc(C(=O)N[C@H](C)c2noc(Cc3ccccc3)n2)c(=O)[nH]1. The summed E-state index contributed by atoms with van der Waals surface area (Å²) in [6, 6.07) is 12.4. The second-order valence-corrected chi connectivity index (χ2v) is 5.79. The van der Waals surface area contributed by atoms with Crippen LogP contribution in [0.3, 0.4) is 0 Å². The van der Waals surface area contributed by atoms with Crippen molar-refractivity contribution in [1.82, 2.24) is 20.4 Å². The number of aromatic amines is 1. The van der Waals surface area contributed by atoms with Crippen molar-refractivity contribution < 1.29 is 9.32 Å². The third-order valence-corrected chi connectivity index (χ3v) is 3.72. The van der Waals surface area contributed by atoms with Gasteiger partial charge in [-0.15, -0.1) is 0 Å². The van der Waals surface area contributed by atoms with E-state index in [4.69, 9.17) is 4.52 Å². The third kappa shape index (κ3) is 4.00. The van der Waals surface area contributed by atoms with Crippen LogP contribution in [-0.2, 0) is 6.42 Å². The van der Waals surface area contributed by atoms with Gasteiger partial charge in [-0.05, 0) is 31.5 Å². The molecule has 0 unspecified atom stereocenters. The van der Waals surface area contributed by atoms with Crippen molar-refractivity contribution in [1.29, 1.82) is 0 Å². The number of carbonyl (C=O) groups is 1. The Morgan fingerprint density at radius 2 is 2.00 bits per heavy atom. The molecular formula is C18H18N4O3. The number of H-pyrrole nitrogens is 1. The topological polar surface area (TPSA) is 101 Å². The number of benzene rings is 1. The molecule has 25 heavy (non-hydrogen) atoms. The van der Waals surface area contributed by atoms with E-state index in [1.807, 2.05) is 30.3 Å². The highest BCUT2D eigenvalue weighted by atomic mass is 16.5. The number of nitrogens with one attached hydrogen (secondary N) is 2. The lowest BCUT2D eigenvalue weighted by atomic mass is 10.1. The molecule has 128 valence electrons. The predicted octanol–water partition coefficient (Wildman–Crippen LogP) is 2.15. The molecule has 0 aliphatic carbocycles. The van der Waals surface area contributed by atoms with Gasteiger partial charge in [0.15, 0.2) is 5.82 Å². The first-order valence-corrected chi connectivity index (χ1v) is 7.90. The molecule has 0 saturated carbocycles. The van der Waals surface area contributed by atoms with Crippen LogP contribution < -0.4 is 10.9 Å². The minimum Gasteiger partial charge on any atom is -0.342 e. The van der Waals surface area contributed by atoms with Crippen molar-refractivity contribution in [2.75, 3.05) is 0 Å². The monoisotopic (exact) mass is 338 g/mol. The van der Waals surface area contributed by atoms with Crippen molar-refractivity contribution in [2.45, 2.75) is 26.3 Å². The second kappa shape index (κ2) is 7.12. The Bertz CT molecular complexity index is 931. The van der Waals surface area contributed by atoms with Gasteiger partial charge in [-0.2, -0.15) is 4.98 Å². The maximum absolute atomic E-state index is 12.2. The van der Waals surface area contributed by atoms with Crippen LogP contribution in [0.25, 0.3) is 0 Å². The highest BCUT2D eigenvalue weighted by molar-refractivity contribution is 5.93. The van der Waals surface area contributed by atoms with Gasteiger partial charge in [0.25, 0.3) is 11.5 Å². The molecule has 0 spiro atoms. The third-order valence-electron chi connectivity index (χ3n) is 3.72. The normalized spacial score (nSPS) is 11.9. The lowest BCUT2D eigenvalue weighted by molar-refractivity contribution is 0.0936. The molecule has 0 aliphatic rings. The smallest absolute Gasteiger partial charge is 0.260 e. The Morgan fingerprint density at radius 1 is 1.24 bits per heavy atom. The van der Waals surface area contributed by atoms with Gasteiger partial charge in [-0.1, -0.05) is 35.5 Å². The molecule has 2 N–H and O–H groups in total. The molecule has 0 bridgehead atoms. The molecule has 1 atom stereocenters. The van der Waals surface area contributed by atoms with E-state index in [1.165, 1.54) is 6.07 Å². The predicted molar refractivity (Wildman–Crippen MR) is 91.2 cm³/mol. The number of carbonyl (C=O) groups excluding carboxylic acids is 1. The fourth-order valence-corrected chi connectivity index (χ4v) is 2.38. The molecule has 2 aromatic heterocycles. The van der Waals surface area contributed by atoms with Crippen LogP contribution in [0.1, 0.15) is 46.3 Å². The molecule has 3 aromatic rings. The Labute approximate surface area is 144 Å². The average Bonchev–Trinajstić information content (AvgIpc) is 3.04. The fourth-order valence-electron chi connectivity index (χ4n) is 2.38. The van der Waals surface area contributed by atoms with Crippen molar-refractivity contribution >= 4 is 5.91 Å². The van der Waals surface area contributed by atoms with E-state index in [0.29, 0.717) is 23.8 Å². The number of hydrogen-bond acceptors (Lipinski definition) is 5. The number of hydrogen-bond donors (Lipinski definition) is 2. The van der Waals surface area contributed by atoms with Crippen molar-refractivity contribution in [3.63, 3.8) is 0 Å². The van der Waals surface area contributed by atoms with Gasteiger partial charge >= 0.3 is 0 Å². The van der Waals surface area contributed by atoms with Crippen molar-refractivity contribution in [3.8, 4) is 0 Å². The van der Waals surface area contributed by atoms with E-state index < -0.39 is 17.5 Å². The summed E-state index contributed by atoms with van der Waals surface area (Å²) in [5.74, 6) is 0.349. The Balaban J connectivity index is 1.68. The van der Waals surface area contributed by atoms with Crippen LogP contribution >= 0.6 is 0 Å². The summed E-state index contributed by atoms with van der Waals surface area (Å²) in [6.45, 7) is 3.48. The van der Waals surface area contributed by atoms with Crippen LogP contribution in [0.5, 0.6) is 0 Å². The zero-order valence-electron chi connectivity index (χ0n) is 13.9. The average molecular weight is 338 g/mol. The first kappa shape index (κ1) is 16.6. The standard InChI is InChI=1S/C18H18N4O3/c1-11-8-9-14(17(23)19-11)18(24)20-12(2)16-21-15(25-22-16)10-13-6-4-3-5-7-13/h3-9,12H,10H2,1-2H3,(H,19,23)(H,20,24)/t12-/m1/s1. The van der Waals surface area contributed by atoms with Crippen LogP contribution in [-0.4, -0.2) is 21.0 Å². The fraction of sp³-hybridized carbons (Fsp3) is 0.222. The molecule has 0 fully saturated rings. The zero-order valence-corrected chi connectivity index (χ0v) is 13.9. The van der Waals surface area contributed by atoms with Gasteiger partial charge in [-0.3, -0.25) is 9.59 Å². The summed E-state index contributed by atoms with van der Waals surface area (Å²) in [6.07, 6.45) is 0.520. The Morgan fingerprint density at radius 3 is 2.72 bits per heavy atom. The van der Waals surface area contributed by atoms with E-state index in [0.717, 1.165) is 5.56 Å². The van der Waals surface area contributed by atoms with E-state index in [9.17, 15) is 9.59 Å². The molecule has 7 heteroatoms. The first-order chi connectivity index (χ1) is 12.0. The minimum absolute atomic E-state index is 0.0467. The van der Waals surface area contributed by atoms with Crippen LogP contribution in [0, 0.1) is 6.92 Å². The van der Waals surface area contributed by atoms with Gasteiger partial charge in [-0.25, -0.2) is 0 Å². The minimum atomic E-state index is -0.485. The molecule has 2 heterocycles. The van der Waals surface area contributed by atoms with Crippen LogP contribution in [0.4, 0.5) is 0 Å². The van der Waals surface area contributed by atoms with Gasteiger partial charge < -0.3 is 14.8 Å².